The monoisotopic (exact) mass is 289 g/mol. The van der Waals surface area contributed by atoms with E-state index in [-0.39, 0.29) is 0 Å². The Morgan fingerprint density at radius 3 is 2.94 bits per heavy atom. The SMILES string of the molecule is CCNC(c1cccc(Cl)c1Cl)C1CCCS1. The molecule has 1 saturated heterocycles. The van der Waals surface area contributed by atoms with Crippen LogP contribution in [0.4, 0.5) is 0 Å². The molecule has 1 aliphatic heterocycles. The summed E-state index contributed by atoms with van der Waals surface area (Å²) in [7, 11) is 0. The zero-order valence-corrected chi connectivity index (χ0v) is 12.2. The molecule has 2 atom stereocenters. The van der Waals surface area contributed by atoms with E-state index in [2.05, 4.69) is 18.3 Å². The van der Waals surface area contributed by atoms with Crippen LogP contribution in [0, 0.1) is 0 Å². The molecule has 0 radical (unpaired) electrons. The van der Waals surface area contributed by atoms with E-state index in [0.29, 0.717) is 21.3 Å². The maximum absolute atomic E-state index is 6.32. The molecule has 0 saturated carbocycles. The average Bonchev–Trinajstić information content (AvgIpc) is 2.84. The van der Waals surface area contributed by atoms with Crippen molar-refractivity contribution in [3.63, 3.8) is 0 Å². The highest BCUT2D eigenvalue weighted by molar-refractivity contribution is 8.00. The molecule has 2 unspecified atom stereocenters. The van der Waals surface area contributed by atoms with Crippen LogP contribution in [0.1, 0.15) is 31.4 Å². The van der Waals surface area contributed by atoms with Crippen molar-refractivity contribution in [3.8, 4) is 0 Å². The van der Waals surface area contributed by atoms with Crippen molar-refractivity contribution in [2.45, 2.75) is 31.1 Å². The Hall–Kier alpha value is 0.110. The van der Waals surface area contributed by atoms with Gasteiger partial charge in [-0.1, -0.05) is 42.3 Å². The standard InChI is InChI=1S/C13H17Cl2NS/c1-2-16-13(11-7-4-8-17-11)9-5-3-6-10(14)12(9)15/h3,5-6,11,13,16H,2,4,7-8H2,1H3. The minimum atomic E-state index is 0.318. The van der Waals surface area contributed by atoms with E-state index >= 15 is 0 Å². The highest BCUT2D eigenvalue weighted by Crippen LogP contribution is 2.39. The molecule has 94 valence electrons. The molecule has 1 aliphatic rings. The molecule has 0 spiro atoms. The van der Waals surface area contributed by atoms with Gasteiger partial charge in [-0.2, -0.15) is 11.8 Å². The molecule has 1 fully saturated rings. The topological polar surface area (TPSA) is 12.0 Å². The molecule has 0 aliphatic carbocycles. The lowest BCUT2D eigenvalue weighted by atomic mass is 10.0. The van der Waals surface area contributed by atoms with Gasteiger partial charge in [-0.15, -0.1) is 0 Å². The van der Waals surface area contributed by atoms with Gasteiger partial charge in [-0.25, -0.2) is 0 Å². The predicted molar refractivity (Wildman–Crippen MR) is 78.4 cm³/mol. The lowest BCUT2D eigenvalue weighted by molar-refractivity contribution is 0.519. The second kappa shape index (κ2) is 6.33. The summed E-state index contributed by atoms with van der Waals surface area (Å²) in [6.45, 7) is 3.08. The van der Waals surface area contributed by atoms with E-state index in [0.717, 1.165) is 12.1 Å². The minimum Gasteiger partial charge on any atom is -0.309 e. The molecule has 0 bridgehead atoms. The van der Waals surface area contributed by atoms with E-state index in [4.69, 9.17) is 23.2 Å². The van der Waals surface area contributed by atoms with E-state index in [1.807, 2.05) is 23.9 Å². The molecule has 1 nitrogen and oxygen atoms in total. The summed E-state index contributed by atoms with van der Waals surface area (Å²) in [5.41, 5.74) is 1.14. The Labute approximate surface area is 117 Å². The molecule has 4 heteroatoms. The number of hydrogen-bond acceptors (Lipinski definition) is 2. The van der Waals surface area contributed by atoms with Gasteiger partial charge >= 0.3 is 0 Å². The summed E-state index contributed by atoms with van der Waals surface area (Å²) in [6, 6.07) is 6.23. The van der Waals surface area contributed by atoms with Crippen LogP contribution in [0.3, 0.4) is 0 Å². The quantitative estimate of drug-likeness (QED) is 0.873. The van der Waals surface area contributed by atoms with Crippen LogP contribution in [-0.4, -0.2) is 17.5 Å². The third-order valence-electron chi connectivity index (χ3n) is 3.08. The second-order valence-electron chi connectivity index (χ2n) is 4.23. The zero-order valence-electron chi connectivity index (χ0n) is 9.88. The van der Waals surface area contributed by atoms with Crippen molar-refractivity contribution in [1.29, 1.82) is 0 Å². The zero-order chi connectivity index (χ0) is 12.3. The Morgan fingerprint density at radius 1 is 1.47 bits per heavy atom. The largest absolute Gasteiger partial charge is 0.309 e. The molecular weight excluding hydrogens is 273 g/mol. The van der Waals surface area contributed by atoms with Crippen LogP contribution in [-0.2, 0) is 0 Å². The first-order chi connectivity index (χ1) is 8.24. The van der Waals surface area contributed by atoms with Gasteiger partial charge in [0.1, 0.15) is 0 Å². The molecule has 0 amide bonds. The summed E-state index contributed by atoms with van der Waals surface area (Å²) < 4.78 is 0. The minimum absolute atomic E-state index is 0.318. The molecule has 17 heavy (non-hydrogen) atoms. The summed E-state index contributed by atoms with van der Waals surface area (Å²) in [5.74, 6) is 1.25. The Bertz CT molecular complexity index is 378. The fraction of sp³-hybridized carbons (Fsp3) is 0.538. The summed E-state index contributed by atoms with van der Waals surface area (Å²) >= 11 is 14.5. The van der Waals surface area contributed by atoms with Crippen LogP contribution >= 0.6 is 35.0 Å². The number of rotatable bonds is 4. The first-order valence-electron chi connectivity index (χ1n) is 6.03. The van der Waals surface area contributed by atoms with E-state index < -0.39 is 0 Å². The Kier molecular flexibility index (Phi) is 5.04. The van der Waals surface area contributed by atoms with Crippen LogP contribution in [0.2, 0.25) is 10.0 Å². The number of halogens is 2. The summed E-state index contributed by atoms with van der Waals surface area (Å²) in [6.07, 6.45) is 2.56. The van der Waals surface area contributed by atoms with Crippen LogP contribution in [0.25, 0.3) is 0 Å². The molecule has 1 heterocycles. The van der Waals surface area contributed by atoms with Gasteiger partial charge in [0.15, 0.2) is 0 Å². The van der Waals surface area contributed by atoms with Crippen molar-refractivity contribution < 1.29 is 0 Å². The summed E-state index contributed by atoms with van der Waals surface area (Å²) in [5, 5.41) is 5.51. The highest BCUT2D eigenvalue weighted by atomic mass is 35.5. The van der Waals surface area contributed by atoms with Crippen molar-refractivity contribution in [3.05, 3.63) is 33.8 Å². The maximum Gasteiger partial charge on any atom is 0.0640 e. The van der Waals surface area contributed by atoms with E-state index in [1.54, 1.807) is 0 Å². The van der Waals surface area contributed by atoms with Crippen molar-refractivity contribution in [1.82, 2.24) is 5.32 Å². The highest BCUT2D eigenvalue weighted by Gasteiger charge is 2.28. The Morgan fingerprint density at radius 2 is 2.29 bits per heavy atom. The number of benzene rings is 1. The smallest absolute Gasteiger partial charge is 0.0640 e. The Balaban J connectivity index is 2.27. The van der Waals surface area contributed by atoms with Gasteiger partial charge in [-0.3, -0.25) is 0 Å². The normalized spacial score (nSPS) is 21.7. The fourth-order valence-electron chi connectivity index (χ4n) is 2.29. The molecular formula is C13H17Cl2NS. The fourth-order valence-corrected chi connectivity index (χ4v) is 4.12. The maximum atomic E-state index is 6.32. The van der Waals surface area contributed by atoms with Crippen LogP contribution in [0.5, 0.6) is 0 Å². The molecule has 1 N–H and O–H groups in total. The first kappa shape index (κ1) is 13.5. The molecule has 2 rings (SSSR count). The van der Waals surface area contributed by atoms with Gasteiger partial charge in [0.25, 0.3) is 0 Å². The van der Waals surface area contributed by atoms with Gasteiger partial charge in [-0.05, 0) is 36.8 Å². The molecule has 1 aromatic carbocycles. The first-order valence-corrected chi connectivity index (χ1v) is 7.83. The predicted octanol–water partition coefficient (Wildman–Crippen LogP) is 4.54. The van der Waals surface area contributed by atoms with Gasteiger partial charge in [0, 0.05) is 11.3 Å². The van der Waals surface area contributed by atoms with E-state index in [1.165, 1.54) is 18.6 Å². The third kappa shape index (κ3) is 3.11. The van der Waals surface area contributed by atoms with Gasteiger partial charge in [0.2, 0.25) is 0 Å². The number of hydrogen-bond donors (Lipinski definition) is 1. The average molecular weight is 290 g/mol. The third-order valence-corrected chi connectivity index (χ3v) is 5.37. The van der Waals surface area contributed by atoms with Crippen molar-refractivity contribution >= 4 is 35.0 Å². The van der Waals surface area contributed by atoms with Gasteiger partial charge in [0.05, 0.1) is 10.0 Å². The number of nitrogens with one attached hydrogen (secondary N) is 1. The van der Waals surface area contributed by atoms with Gasteiger partial charge < -0.3 is 5.32 Å². The van der Waals surface area contributed by atoms with Crippen molar-refractivity contribution in [2.75, 3.05) is 12.3 Å². The van der Waals surface area contributed by atoms with Crippen LogP contribution < -0.4 is 5.32 Å². The molecule has 1 aromatic rings. The van der Waals surface area contributed by atoms with Crippen LogP contribution in [0.15, 0.2) is 18.2 Å². The lowest BCUT2D eigenvalue weighted by Gasteiger charge is -2.25. The van der Waals surface area contributed by atoms with E-state index in [9.17, 15) is 0 Å². The van der Waals surface area contributed by atoms with Crippen molar-refractivity contribution in [2.24, 2.45) is 0 Å². The summed E-state index contributed by atoms with van der Waals surface area (Å²) in [4.78, 5) is 0. The lowest BCUT2D eigenvalue weighted by Crippen LogP contribution is -2.29. The number of thioether (sulfide) groups is 1. The molecule has 0 aromatic heterocycles. The second-order valence-corrected chi connectivity index (χ2v) is 6.36.